The zero-order chi connectivity index (χ0) is 12.1. The minimum absolute atomic E-state index is 0.217. The van der Waals surface area contributed by atoms with Crippen LogP contribution in [-0.4, -0.2) is 21.1 Å². The average Bonchev–Trinajstić information content (AvgIpc) is 2.76. The first-order valence-corrected chi connectivity index (χ1v) is 5.91. The fraction of sp³-hybridized carbons (Fsp3) is 0.385. The molecule has 0 amide bonds. The Balaban J connectivity index is 2.16. The molecule has 0 aromatic carbocycles. The van der Waals surface area contributed by atoms with E-state index in [1.165, 1.54) is 0 Å². The minimum Gasteiger partial charge on any atom is -0.337 e. The molecule has 4 nitrogen and oxygen atoms in total. The lowest BCUT2D eigenvalue weighted by molar-refractivity contribution is 0.502. The number of aromatic nitrogens is 3. The van der Waals surface area contributed by atoms with Crippen molar-refractivity contribution in [2.75, 3.05) is 6.54 Å². The molecule has 2 rings (SSSR count). The molecule has 0 aliphatic heterocycles. The van der Waals surface area contributed by atoms with Crippen molar-refractivity contribution in [3.05, 3.63) is 48.3 Å². The SMILES string of the molecule is CCNC(Cc1ccccn1)c1nccn1C. The first-order valence-electron chi connectivity index (χ1n) is 5.91. The fourth-order valence-corrected chi connectivity index (χ4v) is 1.94. The van der Waals surface area contributed by atoms with Crippen LogP contribution in [0.5, 0.6) is 0 Å². The van der Waals surface area contributed by atoms with Crippen LogP contribution < -0.4 is 5.32 Å². The molecule has 2 aromatic heterocycles. The fourth-order valence-electron chi connectivity index (χ4n) is 1.94. The number of hydrogen-bond acceptors (Lipinski definition) is 3. The van der Waals surface area contributed by atoms with E-state index in [0.29, 0.717) is 0 Å². The molecule has 0 aliphatic rings. The van der Waals surface area contributed by atoms with Crippen molar-refractivity contribution in [1.82, 2.24) is 19.9 Å². The molecule has 2 aromatic rings. The normalized spacial score (nSPS) is 12.6. The van der Waals surface area contributed by atoms with E-state index >= 15 is 0 Å². The number of rotatable bonds is 5. The molecule has 2 heterocycles. The second-order valence-electron chi connectivity index (χ2n) is 4.03. The Morgan fingerprint density at radius 2 is 2.18 bits per heavy atom. The van der Waals surface area contributed by atoms with E-state index in [-0.39, 0.29) is 6.04 Å². The van der Waals surface area contributed by atoms with Gasteiger partial charge in [0.2, 0.25) is 0 Å². The standard InChI is InChI=1S/C13H18N4/c1-3-14-12(13-16-8-9-17(13)2)10-11-6-4-5-7-15-11/h4-9,12,14H,3,10H2,1-2H3. The van der Waals surface area contributed by atoms with E-state index in [0.717, 1.165) is 24.5 Å². The van der Waals surface area contributed by atoms with Crippen molar-refractivity contribution in [3.8, 4) is 0 Å². The van der Waals surface area contributed by atoms with E-state index in [4.69, 9.17) is 0 Å². The van der Waals surface area contributed by atoms with Crippen molar-refractivity contribution >= 4 is 0 Å². The lowest BCUT2D eigenvalue weighted by Crippen LogP contribution is -2.26. The molecule has 0 fully saturated rings. The van der Waals surface area contributed by atoms with Gasteiger partial charge in [-0.1, -0.05) is 13.0 Å². The number of imidazole rings is 1. The Morgan fingerprint density at radius 1 is 1.29 bits per heavy atom. The molecule has 17 heavy (non-hydrogen) atoms. The van der Waals surface area contributed by atoms with Crippen LogP contribution in [0.25, 0.3) is 0 Å². The maximum atomic E-state index is 4.40. The lowest BCUT2D eigenvalue weighted by atomic mass is 10.1. The quantitative estimate of drug-likeness (QED) is 0.850. The minimum atomic E-state index is 0.217. The highest BCUT2D eigenvalue weighted by Crippen LogP contribution is 2.14. The van der Waals surface area contributed by atoms with Crippen molar-refractivity contribution in [3.63, 3.8) is 0 Å². The van der Waals surface area contributed by atoms with Gasteiger partial charge in [0.25, 0.3) is 0 Å². The van der Waals surface area contributed by atoms with Crippen molar-refractivity contribution < 1.29 is 0 Å². The summed E-state index contributed by atoms with van der Waals surface area (Å²) in [6.07, 6.45) is 6.49. The van der Waals surface area contributed by atoms with Crippen LogP contribution in [0, 0.1) is 0 Å². The molecule has 90 valence electrons. The van der Waals surface area contributed by atoms with Crippen LogP contribution in [0.15, 0.2) is 36.8 Å². The first kappa shape index (κ1) is 11.8. The average molecular weight is 230 g/mol. The zero-order valence-electron chi connectivity index (χ0n) is 10.3. The molecule has 0 radical (unpaired) electrons. The van der Waals surface area contributed by atoms with E-state index < -0.39 is 0 Å². The van der Waals surface area contributed by atoms with Gasteiger partial charge in [-0.3, -0.25) is 4.98 Å². The number of hydrogen-bond donors (Lipinski definition) is 1. The zero-order valence-corrected chi connectivity index (χ0v) is 10.3. The summed E-state index contributed by atoms with van der Waals surface area (Å²) in [4.78, 5) is 8.77. The van der Waals surface area contributed by atoms with Crippen LogP contribution >= 0.6 is 0 Å². The molecule has 1 atom stereocenters. The number of aryl methyl sites for hydroxylation is 1. The van der Waals surface area contributed by atoms with Crippen molar-refractivity contribution in [2.45, 2.75) is 19.4 Å². The van der Waals surface area contributed by atoms with Gasteiger partial charge in [0.15, 0.2) is 0 Å². The van der Waals surface area contributed by atoms with Gasteiger partial charge in [0.05, 0.1) is 6.04 Å². The van der Waals surface area contributed by atoms with E-state index in [9.17, 15) is 0 Å². The van der Waals surface area contributed by atoms with Crippen LogP contribution in [0.3, 0.4) is 0 Å². The Morgan fingerprint density at radius 3 is 2.76 bits per heavy atom. The Kier molecular flexibility index (Phi) is 3.88. The molecule has 0 saturated carbocycles. The molecule has 1 N–H and O–H groups in total. The lowest BCUT2D eigenvalue weighted by Gasteiger charge is -2.17. The molecular formula is C13H18N4. The highest BCUT2D eigenvalue weighted by atomic mass is 15.1. The molecule has 0 saturated heterocycles. The summed E-state index contributed by atoms with van der Waals surface area (Å²) in [6.45, 7) is 3.03. The van der Waals surface area contributed by atoms with Gasteiger partial charge >= 0.3 is 0 Å². The highest BCUT2D eigenvalue weighted by Gasteiger charge is 2.15. The van der Waals surface area contributed by atoms with Gasteiger partial charge in [-0.2, -0.15) is 0 Å². The van der Waals surface area contributed by atoms with Gasteiger partial charge in [-0.15, -0.1) is 0 Å². The maximum Gasteiger partial charge on any atom is 0.125 e. The van der Waals surface area contributed by atoms with E-state index in [1.807, 2.05) is 43.8 Å². The number of pyridine rings is 1. The monoisotopic (exact) mass is 230 g/mol. The van der Waals surface area contributed by atoms with Gasteiger partial charge in [-0.05, 0) is 18.7 Å². The van der Waals surface area contributed by atoms with Crippen molar-refractivity contribution in [2.24, 2.45) is 7.05 Å². The topological polar surface area (TPSA) is 42.7 Å². The second-order valence-corrected chi connectivity index (χ2v) is 4.03. The summed E-state index contributed by atoms with van der Waals surface area (Å²) < 4.78 is 2.05. The van der Waals surface area contributed by atoms with Crippen LogP contribution in [0.4, 0.5) is 0 Å². The smallest absolute Gasteiger partial charge is 0.125 e. The van der Waals surface area contributed by atoms with Crippen LogP contribution in [-0.2, 0) is 13.5 Å². The maximum absolute atomic E-state index is 4.40. The van der Waals surface area contributed by atoms with Gasteiger partial charge in [-0.25, -0.2) is 4.98 Å². The first-order chi connectivity index (χ1) is 8.31. The molecule has 0 bridgehead atoms. The van der Waals surface area contributed by atoms with Gasteiger partial charge in [0, 0.05) is 37.8 Å². The Labute approximate surface area is 102 Å². The third-order valence-electron chi connectivity index (χ3n) is 2.76. The largest absolute Gasteiger partial charge is 0.337 e. The van der Waals surface area contributed by atoms with Gasteiger partial charge in [0.1, 0.15) is 5.82 Å². The van der Waals surface area contributed by atoms with Gasteiger partial charge < -0.3 is 9.88 Å². The van der Waals surface area contributed by atoms with Crippen molar-refractivity contribution in [1.29, 1.82) is 0 Å². The predicted molar refractivity (Wildman–Crippen MR) is 67.6 cm³/mol. The third-order valence-corrected chi connectivity index (χ3v) is 2.76. The third kappa shape index (κ3) is 2.91. The predicted octanol–water partition coefficient (Wildman–Crippen LogP) is 1.71. The van der Waals surface area contributed by atoms with Crippen LogP contribution in [0.2, 0.25) is 0 Å². The summed E-state index contributed by atoms with van der Waals surface area (Å²) >= 11 is 0. The molecule has 0 aliphatic carbocycles. The second kappa shape index (κ2) is 5.59. The number of nitrogens with zero attached hydrogens (tertiary/aromatic N) is 3. The molecule has 1 unspecified atom stereocenters. The van der Waals surface area contributed by atoms with E-state index in [1.54, 1.807) is 0 Å². The number of nitrogens with one attached hydrogen (secondary N) is 1. The number of likely N-dealkylation sites (N-methyl/N-ethyl adjacent to an activating group) is 1. The summed E-state index contributed by atoms with van der Waals surface area (Å²) in [5, 5.41) is 3.45. The molecule has 0 spiro atoms. The molecule has 4 heteroatoms. The summed E-state index contributed by atoms with van der Waals surface area (Å²) in [6, 6.07) is 6.22. The molecular weight excluding hydrogens is 212 g/mol. The Bertz CT molecular complexity index is 449. The van der Waals surface area contributed by atoms with E-state index in [2.05, 4.69) is 26.8 Å². The van der Waals surface area contributed by atoms with Crippen LogP contribution in [0.1, 0.15) is 24.5 Å². The summed E-state index contributed by atoms with van der Waals surface area (Å²) in [7, 11) is 2.02. The summed E-state index contributed by atoms with van der Waals surface area (Å²) in [5.41, 5.74) is 1.08. The Hall–Kier alpha value is -1.68. The highest BCUT2D eigenvalue weighted by molar-refractivity contribution is 5.09. The summed E-state index contributed by atoms with van der Waals surface area (Å²) in [5.74, 6) is 1.05.